The Kier molecular flexibility index (Phi) is 8.07. The van der Waals surface area contributed by atoms with E-state index in [9.17, 15) is 4.79 Å². The summed E-state index contributed by atoms with van der Waals surface area (Å²) in [5.41, 5.74) is 4.81. The molecular formula is C27H35N2O2+. The zero-order chi connectivity index (χ0) is 22.2. The van der Waals surface area contributed by atoms with Crippen LogP contribution in [0.3, 0.4) is 0 Å². The van der Waals surface area contributed by atoms with Crippen LogP contribution >= 0.6 is 0 Å². The Balaban J connectivity index is 1.67. The summed E-state index contributed by atoms with van der Waals surface area (Å²) in [5.74, 6) is 0.320. The van der Waals surface area contributed by atoms with E-state index in [1.807, 2.05) is 30.3 Å². The molecular weight excluding hydrogens is 384 g/mol. The number of aromatic nitrogens is 1. The molecule has 0 aliphatic carbocycles. The monoisotopic (exact) mass is 419 g/mol. The van der Waals surface area contributed by atoms with Crippen molar-refractivity contribution in [1.82, 2.24) is 4.57 Å². The molecule has 0 radical (unpaired) electrons. The van der Waals surface area contributed by atoms with E-state index >= 15 is 0 Å². The van der Waals surface area contributed by atoms with Gasteiger partial charge in [-0.05, 0) is 37.1 Å². The van der Waals surface area contributed by atoms with Gasteiger partial charge in [-0.15, -0.1) is 0 Å². The van der Waals surface area contributed by atoms with Gasteiger partial charge >= 0.3 is 5.97 Å². The average Bonchev–Trinajstić information content (AvgIpc) is 3.18. The van der Waals surface area contributed by atoms with E-state index in [1.165, 1.54) is 21.7 Å². The molecule has 1 unspecified atom stereocenters. The number of hydrogen-bond acceptors (Lipinski definition) is 2. The first-order valence-corrected chi connectivity index (χ1v) is 11.2. The molecule has 1 heterocycles. The van der Waals surface area contributed by atoms with Crippen LogP contribution in [0, 0.1) is 12.8 Å². The number of carbonyl (C=O) groups is 1. The van der Waals surface area contributed by atoms with Crippen molar-refractivity contribution in [2.75, 3.05) is 6.54 Å². The van der Waals surface area contributed by atoms with Crippen molar-refractivity contribution in [2.45, 2.75) is 53.4 Å². The molecule has 0 saturated carbocycles. The third kappa shape index (κ3) is 6.83. The standard InChI is InChI=1S/C27H34N2O2/c1-21(2)23(4)29(19-27(30)31-20-24-11-6-5-7-12-24)18-26-14-9-15-28(26)17-25-13-8-10-22(3)16-25/h5-16,21,23H,17-20H2,1-4H3/p+1/t23-/m0/s1. The molecule has 1 N–H and O–H groups in total. The highest BCUT2D eigenvalue weighted by atomic mass is 16.5. The quantitative estimate of drug-likeness (QED) is 0.504. The third-order valence-electron chi connectivity index (χ3n) is 6.03. The maximum absolute atomic E-state index is 12.6. The zero-order valence-corrected chi connectivity index (χ0v) is 19.2. The van der Waals surface area contributed by atoms with Gasteiger partial charge in [0.05, 0.1) is 11.7 Å². The van der Waals surface area contributed by atoms with Gasteiger partial charge in [0.2, 0.25) is 0 Å². The molecule has 0 aliphatic rings. The van der Waals surface area contributed by atoms with Crippen LogP contribution in [0.4, 0.5) is 0 Å². The molecule has 0 saturated heterocycles. The molecule has 0 amide bonds. The number of ether oxygens (including phenoxy) is 1. The third-order valence-corrected chi connectivity index (χ3v) is 6.03. The van der Waals surface area contributed by atoms with Crippen LogP contribution in [-0.2, 0) is 29.2 Å². The largest absolute Gasteiger partial charge is 0.457 e. The summed E-state index contributed by atoms with van der Waals surface area (Å²) in [5, 5.41) is 0. The Labute approximate surface area is 186 Å². The number of nitrogens with one attached hydrogen (secondary N) is 1. The van der Waals surface area contributed by atoms with Crippen LogP contribution in [0.25, 0.3) is 0 Å². The summed E-state index contributed by atoms with van der Waals surface area (Å²) in [4.78, 5) is 13.9. The van der Waals surface area contributed by atoms with E-state index in [2.05, 4.69) is 74.9 Å². The summed E-state index contributed by atoms with van der Waals surface area (Å²) < 4.78 is 7.87. The lowest BCUT2D eigenvalue weighted by Crippen LogP contribution is -3.15. The molecule has 164 valence electrons. The molecule has 3 rings (SSSR count). The maximum Gasteiger partial charge on any atom is 0.362 e. The lowest BCUT2D eigenvalue weighted by atomic mass is 10.0. The highest BCUT2D eigenvalue weighted by molar-refractivity contribution is 5.70. The predicted molar refractivity (Wildman–Crippen MR) is 125 cm³/mol. The Morgan fingerprint density at radius 1 is 0.968 bits per heavy atom. The first-order valence-electron chi connectivity index (χ1n) is 11.2. The Morgan fingerprint density at radius 3 is 2.42 bits per heavy atom. The van der Waals surface area contributed by atoms with E-state index in [-0.39, 0.29) is 5.97 Å². The van der Waals surface area contributed by atoms with Crippen molar-refractivity contribution in [3.05, 3.63) is 95.3 Å². The number of esters is 1. The summed E-state index contributed by atoms with van der Waals surface area (Å²) in [6, 6.07) is 23.1. The van der Waals surface area contributed by atoms with Crippen LogP contribution in [-0.4, -0.2) is 23.1 Å². The van der Waals surface area contributed by atoms with Gasteiger partial charge in [-0.2, -0.15) is 0 Å². The van der Waals surface area contributed by atoms with Gasteiger partial charge in [0.15, 0.2) is 6.54 Å². The number of rotatable bonds is 10. The summed E-state index contributed by atoms with van der Waals surface area (Å²) in [7, 11) is 0. The molecule has 0 spiro atoms. The van der Waals surface area contributed by atoms with Crippen LogP contribution in [0.2, 0.25) is 0 Å². The Morgan fingerprint density at radius 2 is 1.71 bits per heavy atom. The van der Waals surface area contributed by atoms with Crippen molar-refractivity contribution in [1.29, 1.82) is 0 Å². The predicted octanol–water partition coefficient (Wildman–Crippen LogP) is 4.02. The maximum atomic E-state index is 12.6. The van der Waals surface area contributed by atoms with Crippen LogP contribution in [0.5, 0.6) is 0 Å². The highest BCUT2D eigenvalue weighted by Gasteiger charge is 2.25. The molecule has 0 aliphatic heterocycles. The summed E-state index contributed by atoms with van der Waals surface area (Å²) in [6.07, 6.45) is 2.13. The van der Waals surface area contributed by atoms with E-state index in [0.717, 1.165) is 18.7 Å². The van der Waals surface area contributed by atoms with Crippen molar-refractivity contribution < 1.29 is 14.4 Å². The van der Waals surface area contributed by atoms with Gasteiger partial charge in [-0.1, -0.05) is 74.0 Å². The summed E-state index contributed by atoms with van der Waals surface area (Å²) in [6.45, 7) is 11.1. The molecule has 4 nitrogen and oxygen atoms in total. The molecule has 31 heavy (non-hydrogen) atoms. The van der Waals surface area contributed by atoms with Crippen molar-refractivity contribution in [3.8, 4) is 0 Å². The average molecular weight is 420 g/mol. The van der Waals surface area contributed by atoms with Crippen molar-refractivity contribution >= 4 is 5.97 Å². The topological polar surface area (TPSA) is 35.7 Å². The number of quaternary nitrogens is 1. The van der Waals surface area contributed by atoms with Gasteiger partial charge < -0.3 is 14.2 Å². The molecule has 1 aromatic heterocycles. The second-order valence-corrected chi connectivity index (χ2v) is 8.81. The van der Waals surface area contributed by atoms with E-state index < -0.39 is 0 Å². The molecule has 2 aromatic carbocycles. The second kappa shape index (κ2) is 11.0. The SMILES string of the molecule is Cc1cccc(Cn2cccc2C[NH+](CC(=O)OCc2ccccc2)[C@@H](C)C(C)C)c1. The fourth-order valence-electron chi connectivity index (χ4n) is 3.83. The number of nitrogens with zero attached hydrogens (tertiary/aromatic N) is 1. The van der Waals surface area contributed by atoms with Gasteiger partial charge in [-0.25, -0.2) is 4.79 Å². The van der Waals surface area contributed by atoms with Gasteiger partial charge in [0.25, 0.3) is 0 Å². The van der Waals surface area contributed by atoms with Crippen molar-refractivity contribution in [3.63, 3.8) is 0 Å². The minimum atomic E-state index is -0.150. The van der Waals surface area contributed by atoms with E-state index in [1.54, 1.807) is 0 Å². The number of carbonyl (C=O) groups excluding carboxylic acids is 1. The van der Waals surface area contributed by atoms with E-state index in [0.29, 0.717) is 25.1 Å². The smallest absolute Gasteiger partial charge is 0.362 e. The molecule has 2 atom stereocenters. The Hall–Kier alpha value is -2.85. The summed E-state index contributed by atoms with van der Waals surface area (Å²) >= 11 is 0. The minimum absolute atomic E-state index is 0.150. The van der Waals surface area contributed by atoms with Crippen molar-refractivity contribution in [2.24, 2.45) is 5.92 Å². The molecule has 0 bridgehead atoms. The lowest BCUT2D eigenvalue weighted by Gasteiger charge is -2.28. The normalized spacial score (nSPS) is 13.2. The molecule has 4 heteroatoms. The zero-order valence-electron chi connectivity index (χ0n) is 19.2. The fourth-order valence-corrected chi connectivity index (χ4v) is 3.83. The van der Waals surface area contributed by atoms with Crippen LogP contribution in [0.1, 0.15) is 43.2 Å². The lowest BCUT2D eigenvalue weighted by molar-refractivity contribution is -0.933. The highest BCUT2D eigenvalue weighted by Crippen LogP contribution is 2.10. The van der Waals surface area contributed by atoms with Gasteiger partial charge in [0, 0.05) is 18.7 Å². The van der Waals surface area contributed by atoms with E-state index in [4.69, 9.17) is 4.74 Å². The molecule has 3 aromatic rings. The van der Waals surface area contributed by atoms with Crippen LogP contribution < -0.4 is 4.90 Å². The minimum Gasteiger partial charge on any atom is -0.457 e. The first-order chi connectivity index (χ1) is 14.9. The number of hydrogen-bond donors (Lipinski definition) is 1. The Bertz CT molecular complexity index is 962. The van der Waals surface area contributed by atoms with Gasteiger partial charge in [-0.3, -0.25) is 0 Å². The molecule has 0 fully saturated rings. The number of aryl methyl sites for hydroxylation is 1. The first kappa shape index (κ1) is 22.8. The van der Waals surface area contributed by atoms with Gasteiger partial charge in [0.1, 0.15) is 13.2 Å². The number of benzene rings is 2. The van der Waals surface area contributed by atoms with Crippen LogP contribution in [0.15, 0.2) is 72.9 Å². The second-order valence-electron chi connectivity index (χ2n) is 8.81. The fraction of sp³-hybridized carbons (Fsp3) is 0.370.